The minimum absolute atomic E-state index is 0.0178. The van der Waals surface area contributed by atoms with E-state index in [1.54, 1.807) is 7.05 Å². The topological polar surface area (TPSA) is 134 Å². The van der Waals surface area contributed by atoms with E-state index >= 15 is 0 Å². The van der Waals surface area contributed by atoms with Crippen LogP contribution in [0.1, 0.15) is 25.6 Å². The quantitative estimate of drug-likeness (QED) is 0.581. The second-order valence-corrected chi connectivity index (χ2v) is 8.98. The van der Waals surface area contributed by atoms with Gasteiger partial charge in [-0.3, -0.25) is 13.9 Å². The normalized spacial score (nSPS) is 15.8. The van der Waals surface area contributed by atoms with Crippen LogP contribution in [0.5, 0.6) is 0 Å². The van der Waals surface area contributed by atoms with Gasteiger partial charge in [0.1, 0.15) is 0 Å². The van der Waals surface area contributed by atoms with E-state index in [2.05, 4.69) is 20.2 Å². The maximum absolute atomic E-state index is 13.0. The fraction of sp³-hybridized carbons (Fsp3) is 0.438. The minimum atomic E-state index is -3.78. The van der Waals surface area contributed by atoms with Gasteiger partial charge in [0.2, 0.25) is 10.0 Å². The number of nitrogens with zero attached hydrogens (tertiary/aromatic N) is 6. The SMILES string of the molecule is Cn1nnnc1Cn1c(=O)c2cc(S(=O)(=O)NC3(C)CC3)ccc2n(C)c1=O. The Hall–Kier alpha value is -2.86. The average Bonchev–Trinajstić information content (AvgIpc) is 3.22. The summed E-state index contributed by atoms with van der Waals surface area (Å²) in [6, 6.07) is 4.17. The van der Waals surface area contributed by atoms with E-state index in [9.17, 15) is 18.0 Å². The molecule has 1 saturated carbocycles. The van der Waals surface area contributed by atoms with Gasteiger partial charge in [-0.15, -0.1) is 5.10 Å². The molecule has 1 aliphatic rings. The van der Waals surface area contributed by atoms with Crippen LogP contribution in [-0.4, -0.2) is 43.3 Å². The lowest BCUT2D eigenvalue weighted by molar-refractivity contribution is 0.558. The smallest absolute Gasteiger partial charge is 0.296 e. The van der Waals surface area contributed by atoms with Gasteiger partial charge in [0.25, 0.3) is 5.56 Å². The fourth-order valence-corrected chi connectivity index (χ4v) is 4.49. The van der Waals surface area contributed by atoms with Gasteiger partial charge < -0.3 is 0 Å². The van der Waals surface area contributed by atoms with Crippen molar-refractivity contribution in [2.45, 2.75) is 36.7 Å². The highest BCUT2D eigenvalue weighted by molar-refractivity contribution is 7.89. The molecule has 0 saturated heterocycles. The summed E-state index contributed by atoms with van der Waals surface area (Å²) in [5, 5.41) is 11.1. The van der Waals surface area contributed by atoms with Crippen molar-refractivity contribution < 1.29 is 8.42 Å². The van der Waals surface area contributed by atoms with Crippen molar-refractivity contribution in [1.29, 1.82) is 0 Å². The zero-order chi connectivity index (χ0) is 20.3. The van der Waals surface area contributed by atoms with Crippen LogP contribution < -0.4 is 16.0 Å². The van der Waals surface area contributed by atoms with Crippen molar-refractivity contribution in [2.75, 3.05) is 0 Å². The summed E-state index contributed by atoms with van der Waals surface area (Å²) in [5.74, 6) is 0.325. The van der Waals surface area contributed by atoms with Crippen LogP contribution in [0, 0.1) is 0 Å². The molecule has 2 aromatic heterocycles. The Labute approximate surface area is 159 Å². The number of nitrogens with one attached hydrogen (secondary N) is 1. The standard InChI is InChI=1S/C16H19N7O4S/c1-16(6-7-16)18-28(26,27)10-4-5-12-11(8-10)14(24)23(15(25)21(12)2)9-13-17-19-20-22(13)3/h4-5,8,18H,6-7,9H2,1-3H3. The molecule has 28 heavy (non-hydrogen) atoms. The van der Waals surface area contributed by atoms with Crippen LogP contribution in [0.2, 0.25) is 0 Å². The number of aromatic nitrogens is 6. The van der Waals surface area contributed by atoms with E-state index in [-0.39, 0.29) is 16.8 Å². The Morgan fingerprint density at radius 1 is 1.21 bits per heavy atom. The Morgan fingerprint density at radius 3 is 2.54 bits per heavy atom. The molecular formula is C16H19N7O4S. The summed E-state index contributed by atoms with van der Waals surface area (Å²) in [6.45, 7) is 1.70. The molecule has 2 heterocycles. The van der Waals surface area contributed by atoms with Gasteiger partial charge in [0, 0.05) is 19.6 Å². The molecule has 1 N–H and O–H groups in total. The average molecular weight is 405 g/mol. The lowest BCUT2D eigenvalue weighted by atomic mass is 10.2. The zero-order valence-corrected chi connectivity index (χ0v) is 16.4. The predicted octanol–water partition coefficient (Wildman–Crippen LogP) is -0.897. The van der Waals surface area contributed by atoms with Crippen molar-refractivity contribution in [2.24, 2.45) is 14.1 Å². The molecule has 148 valence electrons. The number of benzene rings is 1. The van der Waals surface area contributed by atoms with Crippen LogP contribution in [-0.2, 0) is 30.7 Å². The fourth-order valence-electron chi connectivity index (χ4n) is 3.00. The summed E-state index contributed by atoms with van der Waals surface area (Å²) in [5.41, 5.74) is -1.23. The van der Waals surface area contributed by atoms with Crippen LogP contribution in [0.4, 0.5) is 0 Å². The number of tetrazole rings is 1. The van der Waals surface area contributed by atoms with Crippen molar-refractivity contribution in [3.05, 3.63) is 44.9 Å². The molecule has 0 unspecified atom stereocenters. The molecular weight excluding hydrogens is 386 g/mol. The van der Waals surface area contributed by atoms with Crippen LogP contribution in [0.15, 0.2) is 32.7 Å². The predicted molar refractivity (Wildman–Crippen MR) is 99.3 cm³/mol. The minimum Gasteiger partial charge on any atom is -0.296 e. The highest BCUT2D eigenvalue weighted by Crippen LogP contribution is 2.36. The first-order valence-corrected chi connectivity index (χ1v) is 10.1. The molecule has 12 heteroatoms. The maximum atomic E-state index is 13.0. The highest BCUT2D eigenvalue weighted by atomic mass is 32.2. The van der Waals surface area contributed by atoms with Crippen molar-refractivity contribution in [1.82, 2.24) is 34.1 Å². The molecule has 0 spiro atoms. The molecule has 0 atom stereocenters. The summed E-state index contributed by atoms with van der Waals surface area (Å²) in [4.78, 5) is 25.6. The van der Waals surface area contributed by atoms with E-state index < -0.39 is 26.8 Å². The van der Waals surface area contributed by atoms with E-state index in [1.165, 1.54) is 34.5 Å². The summed E-state index contributed by atoms with van der Waals surface area (Å²) in [7, 11) is -0.659. The lowest BCUT2D eigenvalue weighted by Gasteiger charge is -2.14. The van der Waals surface area contributed by atoms with Crippen molar-refractivity contribution >= 4 is 20.9 Å². The van der Waals surface area contributed by atoms with Crippen molar-refractivity contribution in [3.63, 3.8) is 0 Å². The van der Waals surface area contributed by atoms with E-state index in [4.69, 9.17) is 0 Å². The molecule has 1 aliphatic carbocycles. The molecule has 1 fully saturated rings. The Bertz CT molecular complexity index is 1310. The van der Waals surface area contributed by atoms with Crippen LogP contribution >= 0.6 is 0 Å². The van der Waals surface area contributed by atoms with E-state index in [0.29, 0.717) is 11.3 Å². The van der Waals surface area contributed by atoms with Gasteiger partial charge >= 0.3 is 5.69 Å². The van der Waals surface area contributed by atoms with E-state index in [1.807, 2.05) is 6.92 Å². The third-order valence-electron chi connectivity index (χ3n) is 5.02. The highest BCUT2D eigenvalue weighted by Gasteiger charge is 2.41. The zero-order valence-electron chi connectivity index (χ0n) is 15.6. The molecule has 0 amide bonds. The molecule has 4 rings (SSSR count). The molecule has 0 bridgehead atoms. The molecule has 0 radical (unpaired) electrons. The van der Waals surface area contributed by atoms with Gasteiger partial charge in [-0.2, -0.15) is 0 Å². The Kier molecular flexibility index (Phi) is 4.01. The maximum Gasteiger partial charge on any atom is 0.331 e. The number of rotatable bonds is 5. The number of aryl methyl sites for hydroxylation is 2. The lowest BCUT2D eigenvalue weighted by Crippen LogP contribution is -2.40. The van der Waals surface area contributed by atoms with Crippen molar-refractivity contribution in [3.8, 4) is 0 Å². The first-order chi connectivity index (χ1) is 13.1. The Morgan fingerprint density at radius 2 is 1.93 bits per heavy atom. The molecule has 1 aromatic carbocycles. The summed E-state index contributed by atoms with van der Waals surface area (Å²) in [6.07, 6.45) is 1.54. The summed E-state index contributed by atoms with van der Waals surface area (Å²) < 4.78 is 31.6. The third kappa shape index (κ3) is 3.03. The van der Waals surface area contributed by atoms with E-state index in [0.717, 1.165) is 17.4 Å². The first kappa shape index (κ1) is 18.5. The third-order valence-corrected chi connectivity index (χ3v) is 6.66. The molecule has 11 nitrogen and oxygen atoms in total. The van der Waals surface area contributed by atoms with Crippen LogP contribution in [0.25, 0.3) is 10.9 Å². The molecule has 3 aromatic rings. The van der Waals surface area contributed by atoms with Gasteiger partial charge in [-0.1, -0.05) is 0 Å². The van der Waals surface area contributed by atoms with Gasteiger partial charge in [-0.25, -0.2) is 22.6 Å². The second kappa shape index (κ2) is 6.07. The van der Waals surface area contributed by atoms with Gasteiger partial charge in [0.05, 0.1) is 22.3 Å². The number of fused-ring (bicyclic) bond motifs is 1. The largest absolute Gasteiger partial charge is 0.331 e. The van der Waals surface area contributed by atoms with Crippen LogP contribution in [0.3, 0.4) is 0 Å². The monoisotopic (exact) mass is 405 g/mol. The van der Waals surface area contributed by atoms with Gasteiger partial charge in [-0.05, 0) is 48.4 Å². The Balaban J connectivity index is 1.87. The number of hydrogen-bond donors (Lipinski definition) is 1. The second-order valence-electron chi connectivity index (χ2n) is 7.30. The number of hydrogen-bond acceptors (Lipinski definition) is 7. The number of sulfonamides is 1. The summed E-state index contributed by atoms with van der Waals surface area (Å²) >= 11 is 0. The van der Waals surface area contributed by atoms with Gasteiger partial charge in [0.15, 0.2) is 5.82 Å². The molecule has 0 aliphatic heterocycles. The first-order valence-electron chi connectivity index (χ1n) is 8.60.